The average Bonchev–Trinajstić information content (AvgIpc) is 3.36. The van der Waals surface area contributed by atoms with Gasteiger partial charge in [0.2, 0.25) is 0 Å². The molecule has 2 heterocycles. The smallest absolute Gasteiger partial charge is 0.410 e. The summed E-state index contributed by atoms with van der Waals surface area (Å²) in [6, 6.07) is 10.7. The van der Waals surface area contributed by atoms with Gasteiger partial charge in [0.25, 0.3) is 11.4 Å². The fourth-order valence-electron chi connectivity index (χ4n) is 5.01. The highest BCUT2D eigenvalue weighted by atomic mass is 16.6. The second kappa shape index (κ2) is 12.7. The molecule has 1 unspecified atom stereocenters. The molecule has 14 nitrogen and oxygen atoms in total. The molecule has 0 bridgehead atoms. The van der Waals surface area contributed by atoms with Crippen molar-refractivity contribution < 1.29 is 39.1 Å². The molecule has 2 aromatic rings. The van der Waals surface area contributed by atoms with Gasteiger partial charge in [-0.05, 0) is 60.6 Å². The van der Waals surface area contributed by atoms with Gasteiger partial charge in [0.05, 0.1) is 34.6 Å². The van der Waals surface area contributed by atoms with Gasteiger partial charge in [0.15, 0.2) is 0 Å². The zero-order valence-electron chi connectivity index (χ0n) is 21.5. The second-order valence-electron chi connectivity index (χ2n) is 9.88. The van der Waals surface area contributed by atoms with E-state index in [1.165, 1.54) is 58.3 Å². The summed E-state index contributed by atoms with van der Waals surface area (Å²) in [6.45, 7) is 0.527. The minimum Gasteiger partial charge on any atom is -0.445 e. The summed E-state index contributed by atoms with van der Waals surface area (Å²) in [5, 5.41) is 42.9. The Balaban J connectivity index is 1.25. The van der Waals surface area contributed by atoms with Gasteiger partial charge in [0, 0.05) is 37.4 Å². The quantitative estimate of drug-likeness (QED) is 0.360. The summed E-state index contributed by atoms with van der Waals surface area (Å²) >= 11 is 0. The SMILES string of the molecule is O=C(OCc1ccc([N+](=O)[O-])cc1)N1CCC(C(O)[C@@H]2C[C@@H](O)CN2C(=O)OCc2ccc([N+](=O)[O-])cc2)CC1. The highest BCUT2D eigenvalue weighted by molar-refractivity contribution is 5.69. The van der Waals surface area contributed by atoms with E-state index < -0.39 is 40.3 Å². The number of hydrogen-bond donors (Lipinski definition) is 2. The number of nitro benzene ring substituents is 2. The molecule has 3 atom stereocenters. The molecule has 2 aromatic carbocycles. The Kier molecular flexibility index (Phi) is 9.11. The van der Waals surface area contributed by atoms with Crippen molar-refractivity contribution in [2.45, 2.75) is 50.7 Å². The van der Waals surface area contributed by atoms with Crippen LogP contribution >= 0.6 is 0 Å². The predicted octanol–water partition coefficient (Wildman–Crippen LogP) is 2.98. The molecule has 2 fully saturated rings. The lowest BCUT2D eigenvalue weighted by molar-refractivity contribution is -0.385. The van der Waals surface area contributed by atoms with E-state index >= 15 is 0 Å². The summed E-state index contributed by atoms with van der Waals surface area (Å²) in [6.07, 6.45) is -1.88. The van der Waals surface area contributed by atoms with E-state index in [2.05, 4.69) is 0 Å². The van der Waals surface area contributed by atoms with E-state index in [-0.39, 0.29) is 43.5 Å². The minimum atomic E-state index is -0.942. The number of non-ortho nitro benzene ring substituents is 2. The summed E-state index contributed by atoms with van der Waals surface area (Å²) < 4.78 is 10.7. The lowest BCUT2D eigenvalue weighted by Gasteiger charge is -2.37. The fraction of sp³-hybridized carbons (Fsp3) is 0.462. The molecule has 14 heteroatoms. The monoisotopic (exact) mass is 558 g/mol. The molecular weight excluding hydrogens is 528 g/mol. The van der Waals surface area contributed by atoms with Crippen molar-refractivity contribution in [1.82, 2.24) is 9.80 Å². The zero-order valence-corrected chi connectivity index (χ0v) is 21.5. The Labute approximate surface area is 229 Å². The lowest BCUT2D eigenvalue weighted by Crippen LogP contribution is -2.49. The van der Waals surface area contributed by atoms with Crippen LogP contribution in [0.15, 0.2) is 48.5 Å². The zero-order chi connectivity index (χ0) is 28.8. The van der Waals surface area contributed by atoms with Crippen LogP contribution in [0.2, 0.25) is 0 Å². The van der Waals surface area contributed by atoms with Crippen LogP contribution in [0.3, 0.4) is 0 Å². The first-order valence-corrected chi connectivity index (χ1v) is 12.8. The molecule has 214 valence electrons. The highest BCUT2D eigenvalue weighted by Gasteiger charge is 2.43. The Morgan fingerprint density at radius 1 is 0.875 bits per heavy atom. The van der Waals surface area contributed by atoms with Gasteiger partial charge in [-0.1, -0.05) is 0 Å². The summed E-state index contributed by atoms with van der Waals surface area (Å²) in [5.41, 5.74) is 1.04. The van der Waals surface area contributed by atoms with Crippen LogP contribution in [0, 0.1) is 26.1 Å². The van der Waals surface area contributed by atoms with Crippen LogP contribution in [-0.4, -0.2) is 79.9 Å². The van der Waals surface area contributed by atoms with Crippen molar-refractivity contribution in [3.8, 4) is 0 Å². The van der Waals surface area contributed by atoms with Crippen molar-refractivity contribution in [2.75, 3.05) is 19.6 Å². The first-order chi connectivity index (χ1) is 19.1. The van der Waals surface area contributed by atoms with Crippen LogP contribution in [0.5, 0.6) is 0 Å². The molecular formula is C26H30N4O10. The minimum absolute atomic E-state index is 0.00857. The number of nitro groups is 2. The van der Waals surface area contributed by atoms with E-state index in [1.54, 1.807) is 0 Å². The number of aliphatic hydroxyl groups excluding tert-OH is 2. The summed E-state index contributed by atoms with van der Waals surface area (Å²) in [4.78, 5) is 48.6. The third-order valence-electron chi connectivity index (χ3n) is 7.25. The molecule has 2 saturated heterocycles. The van der Waals surface area contributed by atoms with Crippen molar-refractivity contribution in [1.29, 1.82) is 0 Å². The third kappa shape index (κ3) is 7.01. The number of ether oxygens (including phenoxy) is 2. The van der Waals surface area contributed by atoms with Gasteiger partial charge in [-0.3, -0.25) is 25.1 Å². The molecule has 0 radical (unpaired) electrons. The lowest BCUT2D eigenvalue weighted by atomic mass is 9.86. The largest absolute Gasteiger partial charge is 0.445 e. The summed E-state index contributed by atoms with van der Waals surface area (Å²) in [7, 11) is 0. The van der Waals surface area contributed by atoms with Gasteiger partial charge in [-0.2, -0.15) is 0 Å². The second-order valence-corrected chi connectivity index (χ2v) is 9.88. The molecule has 2 N–H and O–H groups in total. The number of benzene rings is 2. The van der Waals surface area contributed by atoms with Crippen LogP contribution < -0.4 is 0 Å². The van der Waals surface area contributed by atoms with E-state index in [1.807, 2.05) is 0 Å². The van der Waals surface area contributed by atoms with Crippen molar-refractivity contribution >= 4 is 23.6 Å². The van der Waals surface area contributed by atoms with Crippen LogP contribution in [0.1, 0.15) is 30.4 Å². The highest BCUT2D eigenvalue weighted by Crippen LogP contribution is 2.31. The van der Waals surface area contributed by atoms with Crippen molar-refractivity contribution in [2.24, 2.45) is 5.92 Å². The maximum Gasteiger partial charge on any atom is 0.410 e. The Morgan fingerprint density at radius 2 is 1.35 bits per heavy atom. The summed E-state index contributed by atoms with van der Waals surface area (Å²) in [5.74, 6) is -0.223. The Hall–Kier alpha value is -4.30. The van der Waals surface area contributed by atoms with Crippen LogP contribution in [-0.2, 0) is 22.7 Å². The normalized spacial score (nSPS) is 20.1. The molecule has 40 heavy (non-hydrogen) atoms. The van der Waals surface area contributed by atoms with Crippen LogP contribution in [0.25, 0.3) is 0 Å². The number of likely N-dealkylation sites (tertiary alicyclic amines) is 2. The molecule has 2 amide bonds. The van der Waals surface area contributed by atoms with E-state index in [0.29, 0.717) is 37.1 Å². The molecule has 0 aromatic heterocycles. The standard InChI is InChI=1S/C26H30N4O10/c31-22-13-23(28(14-22)26(34)40-16-18-3-7-21(8-4-18)30(37)38)24(32)19-9-11-27(12-10-19)25(33)39-15-17-1-5-20(6-2-17)29(35)36/h1-8,19,22-24,31-32H,9-16H2/t22-,23+,24?/m1/s1. The van der Waals surface area contributed by atoms with Gasteiger partial charge < -0.3 is 24.6 Å². The first kappa shape index (κ1) is 28.7. The first-order valence-electron chi connectivity index (χ1n) is 12.8. The predicted molar refractivity (Wildman–Crippen MR) is 138 cm³/mol. The van der Waals surface area contributed by atoms with Gasteiger partial charge in [-0.25, -0.2) is 9.59 Å². The molecule has 2 aliphatic rings. The number of aliphatic hydroxyl groups is 2. The van der Waals surface area contributed by atoms with E-state index in [4.69, 9.17) is 9.47 Å². The number of piperidine rings is 1. The number of hydrogen-bond acceptors (Lipinski definition) is 10. The molecule has 0 saturated carbocycles. The van der Waals surface area contributed by atoms with E-state index in [9.17, 15) is 40.0 Å². The van der Waals surface area contributed by atoms with Gasteiger partial charge >= 0.3 is 12.2 Å². The van der Waals surface area contributed by atoms with Gasteiger partial charge in [0.1, 0.15) is 13.2 Å². The number of amides is 2. The average molecular weight is 559 g/mol. The van der Waals surface area contributed by atoms with Crippen LogP contribution in [0.4, 0.5) is 21.0 Å². The maximum atomic E-state index is 12.8. The number of nitrogens with zero attached hydrogens (tertiary/aromatic N) is 4. The number of rotatable bonds is 8. The fourth-order valence-corrected chi connectivity index (χ4v) is 5.01. The van der Waals surface area contributed by atoms with Gasteiger partial charge in [-0.15, -0.1) is 0 Å². The maximum absolute atomic E-state index is 12.8. The van der Waals surface area contributed by atoms with Crippen molar-refractivity contribution in [3.05, 3.63) is 79.9 Å². The number of carbonyl (C=O) groups is 2. The molecule has 4 rings (SSSR count). The molecule has 0 spiro atoms. The molecule has 2 aliphatic heterocycles. The van der Waals surface area contributed by atoms with Crippen molar-refractivity contribution in [3.63, 3.8) is 0 Å². The number of carbonyl (C=O) groups excluding carboxylic acids is 2. The Morgan fingerprint density at radius 3 is 1.82 bits per heavy atom. The molecule has 0 aliphatic carbocycles. The Bertz CT molecular complexity index is 1210. The van der Waals surface area contributed by atoms with E-state index in [0.717, 1.165) is 0 Å². The number of β-amino-alcohol motifs (C(OH)–C–C–N with tert-alkyl or cyclic N) is 1. The topological polar surface area (TPSA) is 186 Å². The third-order valence-corrected chi connectivity index (χ3v) is 7.25.